The van der Waals surface area contributed by atoms with Gasteiger partial charge in [0.2, 0.25) is 5.96 Å². The first-order valence-electron chi connectivity index (χ1n) is 10.7. The van der Waals surface area contributed by atoms with Gasteiger partial charge in [-0.25, -0.2) is 0 Å². The molecule has 32 heavy (non-hydrogen) atoms. The zero-order chi connectivity index (χ0) is 22.9. The number of aliphatic imine (C=N–C) groups is 1. The average molecular weight is 441 g/mol. The minimum absolute atomic E-state index is 0.222. The number of guanidine groups is 1. The zero-order valence-corrected chi connectivity index (χ0v) is 19.2. The van der Waals surface area contributed by atoms with Crippen LogP contribution in [0, 0.1) is 13.8 Å². The van der Waals surface area contributed by atoms with E-state index >= 15 is 0 Å². The third kappa shape index (κ3) is 6.70. The Kier molecular flexibility index (Phi) is 8.47. The van der Waals surface area contributed by atoms with Crippen LogP contribution in [0.15, 0.2) is 41.4 Å². The lowest BCUT2D eigenvalue weighted by Gasteiger charge is -2.25. The number of morpholine rings is 1. The van der Waals surface area contributed by atoms with Gasteiger partial charge in [0.1, 0.15) is 11.5 Å². The number of hydrogen-bond donors (Lipinski definition) is 2. The van der Waals surface area contributed by atoms with Crippen molar-refractivity contribution >= 4 is 17.6 Å². The Bertz CT molecular complexity index is 933. The highest BCUT2D eigenvalue weighted by Crippen LogP contribution is 2.25. The Labute approximate surface area is 189 Å². The smallest absolute Gasteiger partial charge is 0.257 e. The number of rotatable bonds is 7. The molecule has 1 fully saturated rings. The van der Waals surface area contributed by atoms with Gasteiger partial charge in [-0.1, -0.05) is 6.07 Å². The number of carbonyl (C=O) groups is 1. The molecule has 1 heterocycles. The van der Waals surface area contributed by atoms with Crippen LogP contribution in [0.2, 0.25) is 0 Å². The molecular weight excluding hydrogens is 408 g/mol. The standard InChI is InChI=1S/C24H32N4O4/c1-17-5-6-19(13-18(17)2)23(29)27-24(25-7-8-28-9-11-32-12-10-28)26-20-14-21(30-3)16-22(15-20)31-4/h5-6,13-16H,7-12H2,1-4H3,(H2,25,26,27,29). The lowest BCUT2D eigenvalue weighted by atomic mass is 10.1. The van der Waals surface area contributed by atoms with E-state index in [1.54, 1.807) is 20.3 Å². The number of nitrogens with one attached hydrogen (secondary N) is 2. The predicted molar refractivity (Wildman–Crippen MR) is 126 cm³/mol. The highest BCUT2D eigenvalue weighted by molar-refractivity contribution is 6.10. The minimum atomic E-state index is -0.222. The highest BCUT2D eigenvalue weighted by atomic mass is 16.5. The Balaban J connectivity index is 1.77. The van der Waals surface area contributed by atoms with Crippen molar-refractivity contribution in [3.05, 3.63) is 53.1 Å². The first kappa shape index (κ1) is 23.6. The van der Waals surface area contributed by atoms with Crippen molar-refractivity contribution in [2.45, 2.75) is 13.8 Å². The van der Waals surface area contributed by atoms with Crippen LogP contribution in [0.5, 0.6) is 11.5 Å². The second kappa shape index (κ2) is 11.5. The molecule has 0 saturated carbocycles. The van der Waals surface area contributed by atoms with Crippen LogP contribution in [0.1, 0.15) is 21.5 Å². The van der Waals surface area contributed by atoms with Crippen molar-refractivity contribution in [2.24, 2.45) is 4.99 Å². The molecule has 0 bridgehead atoms. The quantitative estimate of drug-likeness (QED) is 0.509. The van der Waals surface area contributed by atoms with Gasteiger partial charge in [-0.05, 0) is 37.1 Å². The third-order valence-corrected chi connectivity index (χ3v) is 5.41. The number of methoxy groups -OCH3 is 2. The fourth-order valence-corrected chi connectivity index (χ4v) is 3.32. The van der Waals surface area contributed by atoms with Crippen LogP contribution in [0.4, 0.5) is 5.69 Å². The zero-order valence-electron chi connectivity index (χ0n) is 19.2. The van der Waals surface area contributed by atoms with Gasteiger partial charge >= 0.3 is 0 Å². The summed E-state index contributed by atoms with van der Waals surface area (Å²) in [7, 11) is 3.19. The van der Waals surface area contributed by atoms with Crippen LogP contribution in [-0.2, 0) is 4.74 Å². The topological polar surface area (TPSA) is 84.4 Å². The lowest BCUT2D eigenvalue weighted by molar-refractivity contribution is 0.0394. The number of nitrogens with zero attached hydrogens (tertiary/aromatic N) is 2. The van der Waals surface area contributed by atoms with E-state index in [4.69, 9.17) is 14.2 Å². The molecule has 0 aromatic heterocycles. The van der Waals surface area contributed by atoms with Crippen molar-refractivity contribution < 1.29 is 19.0 Å². The molecule has 0 aliphatic carbocycles. The van der Waals surface area contributed by atoms with E-state index in [2.05, 4.69) is 20.5 Å². The molecule has 0 radical (unpaired) electrons. The summed E-state index contributed by atoms with van der Waals surface area (Å²) in [5.74, 6) is 1.43. The second-order valence-corrected chi connectivity index (χ2v) is 7.66. The summed E-state index contributed by atoms with van der Waals surface area (Å²) in [6.07, 6.45) is 0. The number of ether oxygens (including phenoxy) is 3. The number of hydrogen-bond acceptors (Lipinski definition) is 6. The molecule has 0 unspecified atom stereocenters. The number of aryl methyl sites for hydroxylation is 2. The fraction of sp³-hybridized carbons (Fsp3) is 0.417. The van der Waals surface area contributed by atoms with Crippen molar-refractivity contribution in [3.8, 4) is 11.5 Å². The van der Waals surface area contributed by atoms with E-state index in [1.165, 1.54) is 0 Å². The van der Waals surface area contributed by atoms with Crippen molar-refractivity contribution in [3.63, 3.8) is 0 Å². The van der Waals surface area contributed by atoms with Crippen molar-refractivity contribution in [1.82, 2.24) is 10.2 Å². The maximum absolute atomic E-state index is 12.9. The Hall–Kier alpha value is -3.10. The molecule has 2 aromatic rings. The molecule has 1 amide bonds. The molecule has 2 aromatic carbocycles. The molecule has 3 rings (SSSR count). The molecule has 8 nitrogen and oxygen atoms in total. The first-order valence-corrected chi connectivity index (χ1v) is 10.7. The molecule has 172 valence electrons. The van der Waals surface area contributed by atoms with E-state index in [9.17, 15) is 4.79 Å². The number of carbonyl (C=O) groups excluding carboxylic acids is 1. The molecule has 1 aliphatic rings. The van der Waals surface area contributed by atoms with Crippen LogP contribution in [-0.4, -0.2) is 70.4 Å². The summed E-state index contributed by atoms with van der Waals surface area (Å²) in [5.41, 5.74) is 3.49. The van der Waals surface area contributed by atoms with E-state index in [1.807, 2.05) is 44.2 Å². The van der Waals surface area contributed by atoms with Crippen LogP contribution in [0.25, 0.3) is 0 Å². The summed E-state index contributed by atoms with van der Waals surface area (Å²) in [5, 5.41) is 6.12. The van der Waals surface area contributed by atoms with E-state index in [0.717, 1.165) is 44.0 Å². The number of benzene rings is 2. The average Bonchev–Trinajstić information content (AvgIpc) is 2.81. The first-order chi connectivity index (χ1) is 15.5. The normalized spacial score (nSPS) is 14.7. The molecule has 0 atom stereocenters. The van der Waals surface area contributed by atoms with E-state index in [-0.39, 0.29) is 5.91 Å². The second-order valence-electron chi connectivity index (χ2n) is 7.66. The van der Waals surface area contributed by atoms with Gasteiger partial charge < -0.3 is 19.5 Å². The summed E-state index contributed by atoms with van der Waals surface area (Å²) >= 11 is 0. The SMILES string of the molecule is COc1cc(NC(=NCCN2CCOCC2)NC(=O)c2ccc(C)c(C)c2)cc(OC)c1. The molecule has 1 saturated heterocycles. The van der Waals surface area contributed by atoms with Crippen molar-refractivity contribution in [1.29, 1.82) is 0 Å². The van der Waals surface area contributed by atoms with E-state index in [0.29, 0.717) is 35.3 Å². The van der Waals surface area contributed by atoms with Gasteiger partial charge in [0, 0.05) is 49.1 Å². The Morgan fingerprint density at radius 1 is 1.03 bits per heavy atom. The third-order valence-electron chi connectivity index (χ3n) is 5.41. The Morgan fingerprint density at radius 2 is 1.72 bits per heavy atom. The number of amides is 1. The van der Waals surface area contributed by atoms with Crippen molar-refractivity contribution in [2.75, 3.05) is 58.9 Å². The van der Waals surface area contributed by atoms with Crippen LogP contribution < -0.4 is 20.1 Å². The van der Waals surface area contributed by atoms with Gasteiger partial charge in [-0.2, -0.15) is 0 Å². The molecule has 2 N–H and O–H groups in total. The number of anilines is 1. The van der Waals surface area contributed by atoms with Crippen LogP contribution >= 0.6 is 0 Å². The molecule has 1 aliphatic heterocycles. The summed E-state index contributed by atoms with van der Waals surface area (Å²) in [4.78, 5) is 19.8. The van der Waals surface area contributed by atoms with Gasteiger partial charge in [-0.3, -0.25) is 20.0 Å². The summed E-state index contributed by atoms with van der Waals surface area (Å²) in [6.45, 7) is 8.59. The molecular formula is C24H32N4O4. The van der Waals surface area contributed by atoms with E-state index < -0.39 is 0 Å². The van der Waals surface area contributed by atoms with Gasteiger partial charge in [-0.15, -0.1) is 0 Å². The molecule has 0 spiro atoms. The largest absolute Gasteiger partial charge is 0.497 e. The minimum Gasteiger partial charge on any atom is -0.497 e. The van der Waals surface area contributed by atoms with Gasteiger partial charge in [0.05, 0.1) is 34.0 Å². The fourth-order valence-electron chi connectivity index (χ4n) is 3.32. The summed E-state index contributed by atoms with van der Waals surface area (Å²) in [6, 6.07) is 11.1. The molecule has 8 heteroatoms. The monoisotopic (exact) mass is 440 g/mol. The maximum Gasteiger partial charge on any atom is 0.257 e. The van der Waals surface area contributed by atoms with Gasteiger partial charge in [0.15, 0.2) is 0 Å². The van der Waals surface area contributed by atoms with Crippen LogP contribution in [0.3, 0.4) is 0 Å². The Morgan fingerprint density at radius 3 is 2.34 bits per heavy atom. The highest BCUT2D eigenvalue weighted by Gasteiger charge is 2.13. The maximum atomic E-state index is 12.9. The lowest BCUT2D eigenvalue weighted by Crippen LogP contribution is -2.39. The summed E-state index contributed by atoms with van der Waals surface area (Å²) < 4.78 is 16.1. The van der Waals surface area contributed by atoms with Gasteiger partial charge in [0.25, 0.3) is 5.91 Å². The predicted octanol–water partition coefficient (Wildman–Crippen LogP) is 2.85.